The largest absolute Gasteiger partial charge is 0.462 e. The second-order valence-corrected chi connectivity index (χ2v) is 5.26. The summed E-state index contributed by atoms with van der Waals surface area (Å²) in [6.07, 6.45) is 4.13. The number of aromatic nitrogens is 3. The molecule has 0 saturated carbocycles. The second kappa shape index (κ2) is 5.17. The molecule has 19 heavy (non-hydrogen) atoms. The Morgan fingerprint density at radius 2 is 2.16 bits per heavy atom. The molecule has 1 N–H and O–H groups in total. The molecule has 1 aliphatic rings. The van der Waals surface area contributed by atoms with Gasteiger partial charge in [-0.15, -0.1) is 0 Å². The normalized spacial score (nSPS) is 17.2. The summed E-state index contributed by atoms with van der Waals surface area (Å²) in [6.45, 7) is 6.13. The molecule has 0 aliphatic carbocycles. The molecule has 0 aromatic carbocycles. The number of fused-ring (bicyclic) bond motifs is 1. The molecule has 3 rings (SSSR count). The fourth-order valence-electron chi connectivity index (χ4n) is 2.60. The van der Waals surface area contributed by atoms with E-state index >= 15 is 0 Å². The van der Waals surface area contributed by atoms with Crippen LogP contribution < -0.4 is 10.1 Å². The van der Waals surface area contributed by atoms with Gasteiger partial charge in [-0.05, 0) is 51.9 Å². The van der Waals surface area contributed by atoms with Gasteiger partial charge in [-0.2, -0.15) is 4.98 Å². The van der Waals surface area contributed by atoms with E-state index in [1.165, 1.54) is 0 Å². The van der Waals surface area contributed by atoms with Crippen molar-refractivity contribution in [3.63, 3.8) is 0 Å². The summed E-state index contributed by atoms with van der Waals surface area (Å²) < 4.78 is 8.05. The van der Waals surface area contributed by atoms with E-state index in [0.29, 0.717) is 12.1 Å². The molecule has 0 amide bonds. The predicted molar refractivity (Wildman–Crippen MR) is 74.4 cm³/mol. The first-order valence-corrected chi connectivity index (χ1v) is 6.96. The van der Waals surface area contributed by atoms with Gasteiger partial charge in [-0.3, -0.25) is 4.57 Å². The van der Waals surface area contributed by atoms with E-state index in [4.69, 9.17) is 4.74 Å². The van der Waals surface area contributed by atoms with E-state index in [1.54, 1.807) is 0 Å². The van der Waals surface area contributed by atoms with Gasteiger partial charge in [0, 0.05) is 12.2 Å². The number of imidazole rings is 1. The first kappa shape index (κ1) is 12.4. The van der Waals surface area contributed by atoms with Crippen molar-refractivity contribution in [2.75, 3.05) is 13.1 Å². The first-order valence-electron chi connectivity index (χ1n) is 6.96. The maximum Gasteiger partial charge on any atom is 0.299 e. The fourth-order valence-corrected chi connectivity index (χ4v) is 2.60. The van der Waals surface area contributed by atoms with Crippen LogP contribution in [0.5, 0.6) is 6.01 Å². The Hall–Kier alpha value is -1.62. The molecule has 1 fully saturated rings. The lowest BCUT2D eigenvalue weighted by Crippen LogP contribution is -2.30. The molecule has 0 spiro atoms. The first-order chi connectivity index (χ1) is 9.25. The van der Waals surface area contributed by atoms with Gasteiger partial charge < -0.3 is 10.1 Å². The third-order valence-corrected chi connectivity index (χ3v) is 3.43. The van der Waals surface area contributed by atoms with Gasteiger partial charge in [0.25, 0.3) is 6.01 Å². The quantitative estimate of drug-likeness (QED) is 0.918. The van der Waals surface area contributed by atoms with Crippen molar-refractivity contribution in [2.24, 2.45) is 0 Å². The zero-order chi connectivity index (χ0) is 13.2. The highest BCUT2D eigenvalue weighted by atomic mass is 16.5. The van der Waals surface area contributed by atoms with Gasteiger partial charge in [-0.1, -0.05) is 0 Å². The van der Waals surface area contributed by atoms with Crippen molar-refractivity contribution < 1.29 is 4.74 Å². The SMILES string of the molecule is CC(C)Oc1nc2cccnc2n1C1CCNCC1. The molecule has 0 atom stereocenters. The molecule has 1 saturated heterocycles. The highest BCUT2D eigenvalue weighted by Crippen LogP contribution is 2.29. The number of nitrogens with zero attached hydrogens (tertiary/aromatic N) is 3. The molecule has 3 heterocycles. The molecule has 2 aromatic heterocycles. The lowest BCUT2D eigenvalue weighted by molar-refractivity contribution is 0.201. The van der Waals surface area contributed by atoms with Crippen molar-refractivity contribution in [2.45, 2.75) is 38.8 Å². The van der Waals surface area contributed by atoms with Crippen LogP contribution in [0, 0.1) is 0 Å². The highest BCUT2D eigenvalue weighted by molar-refractivity contribution is 5.72. The van der Waals surface area contributed by atoms with Crippen LogP contribution in [0.25, 0.3) is 11.2 Å². The lowest BCUT2D eigenvalue weighted by Gasteiger charge is -2.25. The summed E-state index contributed by atoms with van der Waals surface area (Å²) in [5, 5.41) is 3.39. The number of ether oxygens (including phenoxy) is 1. The van der Waals surface area contributed by atoms with Crippen LogP contribution in [0.4, 0.5) is 0 Å². The Labute approximate surface area is 113 Å². The van der Waals surface area contributed by atoms with Gasteiger partial charge in [0.2, 0.25) is 0 Å². The number of hydrogen-bond donors (Lipinski definition) is 1. The Bertz CT molecular complexity index is 558. The zero-order valence-electron chi connectivity index (χ0n) is 11.5. The number of piperidine rings is 1. The maximum absolute atomic E-state index is 5.87. The Morgan fingerprint density at radius 3 is 2.89 bits per heavy atom. The highest BCUT2D eigenvalue weighted by Gasteiger charge is 2.23. The van der Waals surface area contributed by atoms with Crippen molar-refractivity contribution in [3.05, 3.63) is 18.3 Å². The molecule has 0 unspecified atom stereocenters. The zero-order valence-corrected chi connectivity index (χ0v) is 11.5. The average Bonchev–Trinajstić information content (AvgIpc) is 2.76. The van der Waals surface area contributed by atoms with Crippen molar-refractivity contribution in [1.29, 1.82) is 0 Å². The van der Waals surface area contributed by atoms with Gasteiger partial charge in [0.05, 0.1) is 6.10 Å². The molecular weight excluding hydrogens is 240 g/mol. The molecule has 1 aliphatic heterocycles. The van der Waals surface area contributed by atoms with Crippen LogP contribution in [0.1, 0.15) is 32.7 Å². The summed E-state index contributed by atoms with van der Waals surface area (Å²) in [4.78, 5) is 9.07. The van der Waals surface area contributed by atoms with Crippen molar-refractivity contribution in [1.82, 2.24) is 19.9 Å². The molecule has 2 aromatic rings. The van der Waals surface area contributed by atoms with Crippen LogP contribution in [0.2, 0.25) is 0 Å². The van der Waals surface area contributed by atoms with Crippen LogP contribution in [0.15, 0.2) is 18.3 Å². The molecule has 102 valence electrons. The minimum Gasteiger partial charge on any atom is -0.462 e. The molecule has 5 heteroatoms. The Balaban J connectivity index is 2.06. The number of pyridine rings is 1. The van der Waals surface area contributed by atoms with Crippen LogP contribution in [-0.4, -0.2) is 33.7 Å². The van der Waals surface area contributed by atoms with Crippen LogP contribution >= 0.6 is 0 Å². The van der Waals surface area contributed by atoms with E-state index in [9.17, 15) is 0 Å². The third kappa shape index (κ3) is 2.42. The van der Waals surface area contributed by atoms with E-state index < -0.39 is 0 Å². The minimum absolute atomic E-state index is 0.122. The molecule has 0 bridgehead atoms. The summed E-state index contributed by atoms with van der Waals surface area (Å²) in [5.41, 5.74) is 1.85. The van der Waals surface area contributed by atoms with Gasteiger partial charge >= 0.3 is 0 Å². The number of nitrogens with one attached hydrogen (secondary N) is 1. The van der Waals surface area contributed by atoms with E-state index in [2.05, 4.69) is 19.9 Å². The Morgan fingerprint density at radius 1 is 1.37 bits per heavy atom. The summed E-state index contributed by atoms with van der Waals surface area (Å²) in [6, 6.07) is 5.04. The van der Waals surface area contributed by atoms with E-state index in [1.807, 2.05) is 32.2 Å². The summed E-state index contributed by atoms with van der Waals surface area (Å²) >= 11 is 0. The van der Waals surface area contributed by atoms with Crippen LogP contribution in [0.3, 0.4) is 0 Å². The van der Waals surface area contributed by atoms with Crippen LogP contribution in [-0.2, 0) is 0 Å². The van der Waals surface area contributed by atoms with Gasteiger partial charge in [0.1, 0.15) is 5.52 Å². The Kier molecular flexibility index (Phi) is 3.38. The smallest absolute Gasteiger partial charge is 0.299 e. The topological polar surface area (TPSA) is 52.0 Å². The summed E-state index contributed by atoms with van der Waals surface area (Å²) in [5.74, 6) is 0. The fraction of sp³-hybridized carbons (Fsp3) is 0.571. The standard InChI is InChI=1S/C14H20N4O/c1-10(2)19-14-17-12-4-3-7-16-13(12)18(14)11-5-8-15-9-6-11/h3-4,7,10-11,15H,5-6,8-9H2,1-2H3. The van der Waals surface area contributed by atoms with Crippen molar-refractivity contribution in [3.8, 4) is 6.01 Å². The monoisotopic (exact) mass is 260 g/mol. The predicted octanol–water partition coefficient (Wildman–Crippen LogP) is 2.14. The second-order valence-electron chi connectivity index (χ2n) is 5.26. The van der Waals surface area contributed by atoms with E-state index in [-0.39, 0.29) is 6.10 Å². The minimum atomic E-state index is 0.122. The summed E-state index contributed by atoms with van der Waals surface area (Å²) in [7, 11) is 0. The van der Waals surface area contributed by atoms with Gasteiger partial charge in [-0.25, -0.2) is 4.98 Å². The van der Waals surface area contributed by atoms with Gasteiger partial charge in [0.15, 0.2) is 5.65 Å². The maximum atomic E-state index is 5.87. The molecular formula is C14H20N4O. The lowest BCUT2D eigenvalue weighted by atomic mass is 10.1. The van der Waals surface area contributed by atoms with Crippen molar-refractivity contribution >= 4 is 11.2 Å². The number of hydrogen-bond acceptors (Lipinski definition) is 4. The molecule has 0 radical (unpaired) electrons. The molecule has 5 nitrogen and oxygen atoms in total. The third-order valence-electron chi connectivity index (χ3n) is 3.43. The number of rotatable bonds is 3. The average molecular weight is 260 g/mol. The van der Waals surface area contributed by atoms with E-state index in [0.717, 1.165) is 37.1 Å².